The maximum absolute atomic E-state index is 6.11. The first-order valence-electron chi connectivity index (χ1n) is 6.56. The summed E-state index contributed by atoms with van der Waals surface area (Å²) in [5.74, 6) is 1.07. The third-order valence-electron chi connectivity index (χ3n) is 3.21. The number of aromatic nitrogens is 2. The Labute approximate surface area is 113 Å². The van der Waals surface area contributed by atoms with Crippen molar-refractivity contribution in [1.82, 2.24) is 9.55 Å². The molecule has 1 heterocycles. The van der Waals surface area contributed by atoms with Crippen molar-refractivity contribution < 1.29 is 0 Å². The van der Waals surface area contributed by atoms with E-state index in [0.29, 0.717) is 0 Å². The monoisotopic (exact) mass is 265 g/mol. The Morgan fingerprint density at radius 1 is 1.39 bits per heavy atom. The molecule has 2 N–H and O–H groups in total. The molecule has 0 bridgehead atoms. The van der Waals surface area contributed by atoms with Crippen LogP contribution >= 0.6 is 11.6 Å². The van der Waals surface area contributed by atoms with Crippen LogP contribution < -0.4 is 5.73 Å². The highest BCUT2D eigenvalue weighted by atomic mass is 35.5. The van der Waals surface area contributed by atoms with E-state index in [0.717, 1.165) is 47.7 Å². The topological polar surface area (TPSA) is 43.8 Å². The third-order valence-corrected chi connectivity index (χ3v) is 3.44. The molecule has 98 valence electrons. The van der Waals surface area contributed by atoms with Crippen molar-refractivity contribution >= 4 is 22.6 Å². The van der Waals surface area contributed by atoms with E-state index in [9.17, 15) is 0 Å². The summed E-state index contributed by atoms with van der Waals surface area (Å²) in [6, 6.07) is 6.04. The van der Waals surface area contributed by atoms with Crippen LogP contribution in [-0.2, 0) is 13.0 Å². The molecule has 4 heteroatoms. The van der Waals surface area contributed by atoms with Gasteiger partial charge in [-0.3, -0.25) is 0 Å². The first kappa shape index (κ1) is 13.4. The number of nitrogens with zero attached hydrogens (tertiary/aromatic N) is 2. The summed E-state index contributed by atoms with van der Waals surface area (Å²) in [5, 5.41) is 0.729. The predicted octanol–water partition coefficient (Wildman–Crippen LogP) is 3.38. The van der Waals surface area contributed by atoms with E-state index in [1.165, 1.54) is 0 Å². The molecule has 0 radical (unpaired) electrons. The van der Waals surface area contributed by atoms with E-state index < -0.39 is 0 Å². The summed E-state index contributed by atoms with van der Waals surface area (Å²) in [5.41, 5.74) is 8.21. The molecule has 2 rings (SSSR count). The lowest BCUT2D eigenvalue weighted by molar-refractivity contribution is 0.566. The molecule has 18 heavy (non-hydrogen) atoms. The van der Waals surface area contributed by atoms with Gasteiger partial charge in [-0.2, -0.15) is 0 Å². The first-order valence-corrected chi connectivity index (χ1v) is 6.93. The highest BCUT2D eigenvalue weighted by Gasteiger charge is 2.12. The lowest BCUT2D eigenvalue weighted by Gasteiger charge is -2.11. The second-order valence-electron chi connectivity index (χ2n) is 4.66. The van der Waals surface area contributed by atoms with Gasteiger partial charge in [0.15, 0.2) is 0 Å². The Hall–Kier alpha value is -1.06. The van der Waals surface area contributed by atoms with Gasteiger partial charge in [-0.1, -0.05) is 24.9 Å². The second-order valence-corrected chi connectivity index (χ2v) is 5.09. The Bertz CT molecular complexity index is 533. The van der Waals surface area contributed by atoms with Crippen LogP contribution in [-0.4, -0.2) is 15.6 Å². The lowest BCUT2D eigenvalue weighted by Crippen LogP contribution is -2.24. The lowest BCUT2D eigenvalue weighted by atomic mass is 10.1. The van der Waals surface area contributed by atoms with Crippen LogP contribution in [0.5, 0.6) is 0 Å². The molecule has 2 aromatic rings. The summed E-state index contributed by atoms with van der Waals surface area (Å²) in [6.45, 7) is 5.19. The van der Waals surface area contributed by atoms with Gasteiger partial charge in [0.2, 0.25) is 0 Å². The van der Waals surface area contributed by atoms with Crippen LogP contribution in [0.25, 0.3) is 11.0 Å². The number of aryl methyl sites for hydroxylation is 1. The summed E-state index contributed by atoms with van der Waals surface area (Å²) < 4.78 is 2.22. The van der Waals surface area contributed by atoms with E-state index in [1.54, 1.807) is 0 Å². The zero-order chi connectivity index (χ0) is 13.1. The molecule has 0 fully saturated rings. The van der Waals surface area contributed by atoms with Crippen molar-refractivity contribution in [3.05, 3.63) is 29.0 Å². The van der Waals surface area contributed by atoms with Crippen LogP contribution in [0.3, 0.4) is 0 Å². The molecule has 0 saturated carbocycles. The van der Waals surface area contributed by atoms with Gasteiger partial charge in [0.05, 0.1) is 11.0 Å². The van der Waals surface area contributed by atoms with E-state index in [2.05, 4.69) is 23.4 Å². The van der Waals surface area contributed by atoms with Crippen molar-refractivity contribution in [2.75, 3.05) is 0 Å². The maximum atomic E-state index is 6.11. The van der Waals surface area contributed by atoms with Gasteiger partial charge in [-0.05, 0) is 31.5 Å². The molecule has 0 aliphatic rings. The molecule has 0 aliphatic heterocycles. The van der Waals surface area contributed by atoms with Crippen LogP contribution in [0.1, 0.15) is 32.5 Å². The summed E-state index contributed by atoms with van der Waals surface area (Å²) >= 11 is 6.00. The smallest absolute Gasteiger partial charge is 0.111 e. The Kier molecular flexibility index (Phi) is 4.25. The molecule has 1 aromatic carbocycles. The Balaban J connectivity index is 2.37. The van der Waals surface area contributed by atoms with Crippen LogP contribution in [0.15, 0.2) is 18.2 Å². The van der Waals surface area contributed by atoms with E-state index in [1.807, 2.05) is 18.2 Å². The van der Waals surface area contributed by atoms with Gasteiger partial charge in [0.1, 0.15) is 5.82 Å². The molecule has 1 aromatic heterocycles. The van der Waals surface area contributed by atoms with Crippen molar-refractivity contribution in [2.45, 2.75) is 45.7 Å². The third kappa shape index (κ3) is 2.68. The Morgan fingerprint density at radius 2 is 2.17 bits per heavy atom. The van der Waals surface area contributed by atoms with Crippen molar-refractivity contribution in [3.63, 3.8) is 0 Å². The number of halogens is 1. The van der Waals surface area contributed by atoms with Crippen molar-refractivity contribution in [3.8, 4) is 0 Å². The molecule has 1 atom stereocenters. The molecule has 0 saturated heterocycles. The minimum absolute atomic E-state index is 0.188. The Morgan fingerprint density at radius 3 is 2.83 bits per heavy atom. The van der Waals surface area contributed by atoms with Crippen molar-refractivity contribution in [1.29, 1.82) is 0 Å². The zero-order valence-corrected chi connectivity index (χ0v) is 11.7. The first-order chi connectivity index (χ1) is 8.65. The summed E-state index contributed by atoms with van der Waals surface area (Å²) in [7, 11) is 0. The molecule has 3 nitrogen and oxygen atoms in total. The van der Waals surface area contributed by atoms with Gasteiger partial charge < -0.3 is 10.3 Å². The van der Waals surface area contributed by atoms with Gasteiger partial charge in [-0.25, -0.2) is 4.98 Å². The molecular weight excluding hydrogens is 246 g/mol. The summed E-state index contributed by atoms with van der Waals surface area (Å²) in [4.78, 5) is 4.67. The molecule has 0 spiro atoms. The minimum atomic E-state index is 0.188. The number of hydrogen-bond acceptors (Lipinski definition) is 2. The van der Waals surface area contributed by atoms with Gasteiger partial charge >= 0.3 is 0 Å². The van der Waals surface area contributed by atoms with Crippen LogP contribution in [0.2, 0.25) is 5.02 Å². The van der Waals surface area contributed by atoms with Gasteiger partial charge in [-0.15, -0.1) is 0 Å². The summed E-state index contributed by atoms with van der Waals surface area (Å²) in [6.07, 6.45) is 2.97. The molecule has 0 amide bonds. The van der Waals surface area contributed by atoms with Crippen molar-refractivity contribution in [2.24, 2.45) is 5.73 Å². The largest absolute Gasteiger partial charge is 0.328 e. The van der Waals surface area contributed by atoms with Crippen LogP contribution in [0, 0.1) is 0 Å². The van der Waals surface area contributed by atoms with Gasteiger partial charge in [0, 0.05) is 24.0 Å². The fraction of sp³-hybridized carbons (Fsp3) is 0.500. The normalized spacial score (nSPS) is 13.1. The van der Waals surface area contributed by atoms with E-state index in [-0.39, 0.29) is 6.04 Å². The quantitative estimate of drug-likeness (QED) is 0.901. The predicted molar refractivity (Wildman–Crippen MR) is 77.0 cm³/mol. The van der Waals surface area contributed by atoms with E-state index in [4.69, 9.17) is 17.3 Å². The standard InChI is InChI=1S/C14H20ClN3/c1-3-5-11(16)9-14-17-12-8-10(15)6-7-13(12)18(14)4-2/h6-8,11H,3-5,9,16H2,1-2H3. The molecule has 1 unspecified atom stereocenters. The molecular formula is C14H20ClN3. The van der Waals surface area contributed by atoms with E-state index >= 15 is 0 Å². The average Bonchev–Trinajstić information content (AvgIpc) is 2.65. The average molecular weight is 266 g/mol. The van der Waals surface area contributed by atoms with Crippen LogP contribution in [0.4, 0.5) is 0 Å². The van der Waals surface area contributed by atoms with Gasteiger partial charge in [0.25, 0.3) is 0 Å². The number of imidazole rings is 1. The maximum Gasteiger partial charge on any atom is 0.111 e. The highest BCUT2D eigenvalue weighted by Crippen LogP contribution is 2.21. The number of rotatable bonds is 5. The highest BCUT2D eigenvalue weighted by molar-refractivity contribution is 6.31. The SMILES string of the molecule is CCCC(N)Cc1nc2cc(Cl)ccc2n1CC. The fourth-order valence-corrected chi connectivity index (χ4v) is 2.54. The molecule has 0 aliphatic carbocycles. The number of benzene rings is 1. The second kappa shape index (κ2) is 5.72. The number of fused-ring (bicyclic) bond motifs is 1. The fourth-order valence-electron chi connectivity index (χ4n) is 2.37. The zero-order valence-electron chi connectivity index (χ0n) is 11.0. The number of hydrogen-bond donors (Lipinski definition) is 1. The number of nitrogens with two attached hydrogens (primary N) is 1. The minimum Gasteiger partial charge on any atom is -0.328 e.